The van der Waals surface area contributed by atoms with Crippen molar-refractivity contribution < 1.29 is 17.9 Å². The molecular formula is C27H30F3N7O. The molecule has 2 aliphatic heterocycles. The summed E-state index contributed by atoms with van der Waals surface area (Å²) in [5.74, 6) is 0.848. The molecule has 2 fully saturated rings. The number of hydrogen-bond acceptors (Lipinski definition) is 6. The lowest BCUT2D eigenvalue weighted by atomic mass is 9.75. The summed E-state index contributed by atoms with van der Waals surface area (Å²) in [6, 6.07) is 8.71. The number of halogens is 3. The van der Waals surface area contributed by atoms with E-state index in [1.807, 2.05) is 42.8 Å². The van der Waals surface area contributed by atoms with Gasteiger partial charge >= 0.3 is 6.18 Å². The second-order valence-electron chi connectivity index (χ2n) is 10.5. The molecule has 0 aliphatic carbocycles. The number of nitrogens with one attached hydrogen (secondary N) is 1. The Kier molecular flexibility index (Phi) is 6.22. The fourth-order valence-electron chi connectivity index (χ4n) is 5.67. The predicted octanol–water partition coefficient (Wildman–Crippen LogP) is 4.83. The highest BCUT2D eigenvalue weighted by Crippen LogP contribution is 2.40. The van der Waals surface area contributed by atoms with Crippen molar-refractivity contribution in [2.75, 3.05) is 26.3 Å². The van der Waals surface area contributed by atoms with E-state index in [0.29, 0.717) is 41.9 Å². The molecule has 1 atom stereocenters. The van der Waals surface area contributed by atoms with Crippen LogP contribution in [-0.2, 0) is 29.8 Å². The highest BCUT2D eigenvalue weighted by molar-refractivity contribution is 5.94. The van der Waals surface area contributed by atoms with Gasteiger partial charge in [-0.25, -0.2) is 4.98 Å². The Morgan fingerprint density at radius 3 is 2.58 bits per heavy atom. The maximum absolute atomic E-state index is 14.0. The van der Waals surface area contributed by atoms with Crippen molar-refractivity contribution in [3.63, 3.8) is 0 Å². The first kappa shape index (κ1) is 25.0. The van der Waals surface area contributed by atoms with Crippen molar-refractivity contribution in [2.24, 2.45) is 7.05 Å². The summed E-state index contributed by atoms with van der Waals surface area (Å²) in [4.78, 5) is 6.32. The Bertz CT molecular complexity index is 1450. The standard InChI is InChI=1S/C27H30F3N7O/c1-17(37-9-4-3-5-10-37)23-25-20(12-21(32-23)27(28,29)30)24(34-35-25)18-7-6-8-19(11-18)26(14-38-15-26)13-22-33-31-16-36(22)2/h6-8,11-12,16-17H,3-5,9-10,13-15H2,1-2H3,(H,34,35)/t17-/m0/s1. The van der Waals surface area contributed by atoms with Gasteiger partial charge in [0.15, 0.2) is 0 Å². The van der Waals surface area contributed by atoms with E-state index in [1.165, 1.54) is 0 Å². The molecule has 0 saturated carbocycles. The fourth-order valence-corrected chi connectivity index (χ4v) is 5.67. The van der Waals surface area contributed by atoms with Crippen LogP contribution >= 0.6 is 0 Å². The zero-order chi connectivity index (χ0) is 26.5. The molecule has 0 bridgehead atoms. The van der Waals surface area contributed by atoms with Crippen molar-refractivity contribution in [1.29, 1.82) is 0 Å². The Morgan fingerprint density at radius 2 is 1.92 bits per heavy atom. The summed E-state index contributed by atoms with van der Waals surface area (Å²) >= 11 is 0. The third kappa shape index (κ3) is 4.37. The van der Waals surface area contributed by atoms with Crippen LogP contribution < -0.4 is 0 Å². The number of aromatic amines is 1. The van der Waals surface area contributed by atoms with Gasteiger partial charge in [0.05, 0.1) is 30.5 Å². The van der Waals surface area contributed by atoms with Gasteiger partial charge in [0, 0.05) is 29.8 Å². The summed E-state index contributed by atoms with van der Waals surface area (Å²) < 4.78 is 49.5. The number of nitrogens with zero attached hydrogens (tertiary/aromatic N) is 6. The van der Waals surface area contributed by atoms with E-state index in [-0.39, 0.29) is 11.5 Å². The number of piperidine rings is 1. The molecule has 1 aromatic carbocycles. The average molecular weight is 526 g/mol. The first-order valence-corrected chi connectivity index (χ1v) is 13.0. The van der Waals surface area contributed by atoms with Gasteiger partial charge in [-0.3, -0.25) is 10.00 Å². The molecule has 0 unspecified atom stereocenters. The molecule has 2 aliphatic rings. The number of rotatable bonds is 6. The van der Waals surface area contributed by atoms with Gasteiger partial charge in [-0.2, -0.15) is 18.3 Å². The van der Waals surface area contributed by atoms with Crippen LogP contribution in [0.4, 0.5) is 13.2 Å². The van der Waals surface area contributed by atoms with Crippen molar-refractivity contribution in [2.45, 2.75) is 50.2 Å². The molecule has 2 saturated heterocycles. The van der Waals surface area contributed by atoms with Gasteiger partial charge in [0.2, 0.25) is 0 Å². The number of aromatic nitrogens is 6. The van der Waals surface area contributed by atoms with Gasteiger partial charge in [0.25, 0.3) is 0 Å². The van der Waals surface area contributed by atoms with Crippen LogP contribution in [0.1, 0.15) is 55.0 Å². The second-order valence-corrected chi connectivity index (χ2v) is 10.5. The van der Waals surface area contributed by atoms with E-state index in [2.05, 4.69) is 30.3 Å². The highest BCUT2D eigenvalue weighted by Gasteiger charge is 2.42. The summed E-state index contributed by atoms with van der Waals surface area (Å²) in [5, 5.41) is 16.2. The number of aryl methyl sites for hydroxylation is 1. The van der Waals surface area contributed by atoms with Crippen LogP contribution in [0, 0.1) is 0 Å². The Balaban J connectivity index is 1.43. The van der Waals surface area contributed by atoms with Crippen LogP contribution in [-0.4, -0.2) is 61.1 Å². The third-order valence-electron chi connectivity index (χ3n) is 8.01. The normalized spacial score (nSPS) is 19.0. The molecule has 11 heteroatoms. The van der Waals surface area contributed by atoms with Crippen LogP contribution in [0.25, 0.3) is 22.2 Å². The minimum absolute atomic E-state index is 0.262. The SMILES string of the molecule is C[C@@H](c1nc(C(F)(F)F)cc2c(-c3cccc(C4(Cc5nncn5C)COC4)c3)n[nH]c12)N1CCCCC1. The van der Waals surface area contributed by atoms with Crippen molar-refractivity contribution in [3.8, 4) is 11.3 Å². The molecule has 0 radical (unpaired) electrons. The smallest absolute Gasteiger partial charge is 0.379 e. The zero-order valence-electron chi connectivity index (χ0n) is 21.4. The molecule has 0 spiro atoms. The molecule has 38 heavy (non-hydrogen) atoms. The number of H-pyrrole nitrogens is 1. The molecule has 8 nitrogen and oxygen atoms in total. The number of hydrogen-bond donors (Lipinski definition) is 1. The number of benzene rings is 1. The van der Waals surface area contributed by atoms with Crippen LogP contribution in [0.15, 0.2) is 36.7 Å². The Morgan fingerprint density at radius 1 is 1.13 bits per heavy atom. The lowest BCUT2D eigenvalue weighted by molar-refractivity contribution is -0.141. The van der Waals surface area contributed by atoms with E-state index in [1.54, 1.807) is 6.33 Å². The topological polar surface area (TPSA) is 84.7 Å². The maximum Gasteiger partial charge on any atom is 0.433 e. The summed E-state index contributed by atoms with van der Waals surface area (Å²) in [7, 11) is 1.91. The quantitative estimate of drug-likeness (QED) is 0.388. The van der Waals surface area contributed by atoms with Crippen molar-refractivity contribution in [3.05, 3.63) is 59.4 Å². The van der Waals surface area contributed by atoms with Crippen LogP contribution in [0.5, 0.6) is 0 Å². The monoisotopic (exact) mass is 525 g/mol. The number of pyridine rings is 1. The van der Waals surface area contributed by atoms with E-state index < -0.39 is 11.9 Å². The lowest BCUT2D eigenvalue weighted by Gasteiger charge is -2.41. The molecule has 6 rings (SSSR count). The van der Waals surface area contributed by atoms with Crippen LogP contribution in [0.3, 0.4) is 0 Å². The second kappa shape index (κ2) is 9.46. The van der Waals surface area contributed by atoms with Gasteiger partial charge in [0.1, 0.15) is 23.5 Å². The molecular weight excluding hydrogens is 495 g/mol. The Hall–Kier alpha value is -3.31. The van der Waals surface area contributed by atoms with Gasteiger partial charge < -0.3 is 9.30 Å². The summed E-state index contributed by atoms with van der Waals surface area (Å²) in [6.07, 6.45) is 0.963. The highest BCUT2D eigenvalue weighted by atomic mass is 19.4. The van der Waals surface area contributed by atoms with Crippen molar-refractivity contribution >= 4 is 10.9 Å². The van der Waals surface area contributed by atoms with Crippen molar-refractivity contribution in [1.82, 2.24) is 34.8 Å². The zero-order valence-corrected chi connectivity index (χ0v) is 21.4. The van der Waals surface area contributed by atoms with Crippen LogP contribution in [0.2, 0.25) is 0 Å². The summed E-state index contributed by atoms with van der Waals surface area (Å²) in [6.45, 7) is 4.69. The van der Waals surface area contributed by atoms with E-state index in [9.17, 15) is 13.2 Å². The van der Waals surface area contributed by atoms with Gasteiger partial charge in [-0.05, 0) is 50.6 Å². The molecule has 5 heterocycles. The largest absolute Gasteiger partial charge is 0.433 e. The molecule has 200 valence electrons. The lowest BCUT2D eigenvalue weighted by Crippen LogP contribution is -2.49. The first-order valence-electron chi connectivity index (χ1n) is 13.0. The molecule has 4 aromatic rings. The fraction of sp³-hybridized carbons (Fsp3) is 0.481. The van der Waals surface area contributed by atoms with Gasteiger partial charge in [-0.15, -0.1) is 10.2 Å². The van der Waals surface area contributed by atoms with E-state index in [0.717, 1.165) is 55.4 Å². The maximum atomic E-state index is 14.0. The summed E-state index contributed by atoms with van der Waals surface area (Å²) in [5.41, 5.74) is 2.02. The number of ether oxygens (including phenoxy) is 1. The molecule has 3 aromatic heterocycles. The number of alkyl halides is 3. The average Bonchev–Trinajstić information content (AvgIpc) is 3.51. The number of fused-ring (bicyclic) bond motifs is 1. The van der Waals surface area contributed by atoms with Gasteiger partial charge in [-0.1, -0.05) is 24.6 Å². The van der Waals surface area contributed by atoms with E-state index in [4.69, 9.17) is 4.74 Å². The number of likely N-dealkylation sites (tertiary alicyclic amines) is 1. The predicted molar refractivity (Wildman–Crippen MR) is 135 cm³/mol. The third-order valence-corrected chi connectivity index (χ3v) is 8.01. The Labute approximate surface area is 218 Å². The van der Waals surface area contributed by atoms with E-state index >= 15 is 0 Å². The first-order chi connectivity index (χ1) is 18.2. The minimum Gasteiger partial charge on any atom is -0.379 e. The molecule has 1 N–H and O–H groups in total. The minimum atomic E-state index is -4.57. The molecule has 0 amide bonds.